The maximum absolute atomic E-state index is 5.38. The van der Waals surface area contributed by atoms with Crippen LogP contribution in [0.5, 0.6) is 11.5 Å². The summed E-state index contributed by atoms with van der Waals surface area (Å²) in [7, 11) is 0. The van der Waals surface area contributed by atoms with Crippen LogP contribution in [-0.2, 0) is 6.54 Å². The van der Waals surface area contributed by atoms with Gasteiger partial charge in [-0.05, 0) is 31.5 Å². The van der Waals surface area contributed by atoms with E-state index in [1.165, 1.54) is 5.56 Å². The average molecular weight is 260 g/mol. The molecule has 3 rings (SSSR count). The number of aromatic nitrogens is 1. The van der Waals surface area contributed by atoms with Crippen LogP contribution in [0, 0.1) is 6.92 Å². The highest BCUT2D eigenvalue weighted by atomic mass is 16.7. The van der Waals surface area contributed by atoms with Gasteiger partial charge in [-0.1, -0.05) is 11.2 Å². The van der Waals surface area contributed by atoms with E-state index in [1.807, 2.05) is 25.1 Å². The predicted molar refractivity (Wildman–Crippen MR) is 69.1 cm³/mol. The SMILES string of the molecule is Cc1oncc1CNC(C)c1ccc2c(c1)OCO2. The molecule has 100 valence electrons. The van der Waals surface area contributed by atoms with Crippen molar-refractivity contribution in [3.63, 3.8) is 0 Å². The molecule has 2 heterocycles. The third-order valence-corrected chi connectivity index (χ3v) is 3.35. The molecule has 0 saturated carbocycles. The van der Waals surface area contributed by atoms with Gasteiger partial charge in [0.2, 0.25) is 6.79 Å². The molecule has 2 aromatic rings. The highest BCUT2D eigenvalue weighted by Crippen LogP contribution is 2.34. The standard InChI is InChI=1S/C14H16N2O3/c1-9(15-6-12-7-16-19-10(12)2)11-3-4-13-14(5-11)18-8-17-13/h3-5,7,9,15H,6,8H2,1-2H3. The molecule has 5 nitrogen and oxygen atoms in total. The quantitative estimate of drug-likeness (QED) is 0.915. The van der Waals surface area contributed by atoms with Gasteiger partial charge in [0.1, 0.15) is 5.76 Å². The summed E-state index contributed by atoms with van der Waals surface area (Å²) in [6.07, 6.45) is 1.74. The second-order valence-corrected chi connectivity index (χ2v) is 4.62. The lowest BCUT2D eigenvalue weighted by Gasteiger charge is -2.14. The monoisotopic (exact) mass is 260 g/mol. The molecular formula is C14H16N2O3. The van der Waals surface area contributed by atoms with Crippen LogP contribution < -0.4 is 14.8 Å². The van der Waals surface area contributed by atoms with E-state index in [0.717, 1.165) is 29.4 Å². The lowest BCUT2D eigenvalue weighted by molar-refractivity contribution is 0.174. The molecule has 1 atom stereocenters. The summed E-state index contributed by atoms with van der Waals surface area (Å²) in [5, 5.41) is 7.21. The Bertz CT molecular complexity index is 580. The van der Waals surface area contributed by atoms with E-state index in [1.54, 1.807) is 6.20 Å². The maximum Gasteiger partial charge on any atom is 0.231 e. The Kier molecular flexibility index (Phi) is 3.13. The molecule has 1 aromatic carbocycles. The molecule has 0 spiro atoms. The molecular weight excluding hydrogens is 244 g/mol. The molecule has 0 bridgehead atoms. The third-order valence-electron chi connectivity index (χ3n) is 3.35. The molecule has 0 saturated heterocycles. The normalized spacial score (nSPS) is 14.6. The number of aryl methyl sites for hydroxylation is 1. The van der Waals surface area contributed by atoms with Crippen LogP contribution in [0.4, 0.5) is 0 Å². The zero-order valence-electron chi connectivity index (χ0n) is 11.0. The fraction of sp³-hybridized carbons (Fsp3) is 0.357. The molecule has 0 fully saturated rings. The molecule has 0 radical (unpaired) electrons. The van der Waals surface area contributed by atoms with Crippen molar-refractivity contribution in [2.45, 2.75) is 26.4 Å². The van der Waals surface area contributed by atoms with Crippen LogP contribution in [0.15, 0.2) is 28.9 Å². The van der Waals surface area contributed by atoms with Crippen molar-refractivity contribution < 1.29 is 14.0 Å². The van der Waals surface area contributed by atoms with Crippen molar-refractivity contribution in [2.24, 2.45) is 0 Å². The number of benzene rings is 1. The molecule has 1 aliphatic rings. The Balaban J connectivity index is 1.67. The van der Waals surface area contributed by atoms with Crippen molar-refractivity contribution in [1.29, 1.82) is 0 Å². The van der Waals surface area contributed by atoms with E-state index < -0.39 is 0 Å². The predicted octanol–water partition coefficient (Wildman–Crippen LogP) is 2.56. The summed E-state index contributed by atoms with van der Waals surface area (Å²) >= 11 is 0. The minimum atomic E-state index is 0.212. The molecule has 1 unspecified atom stereocenters. The zero-order chi connectivity index (χ0) is 13.2. The van der Waals surface area contributed by atoms with Gasteiger partial charge in [0.05, 0.1) is 6.20 Å². The smallest absolute Gasteiger partial charge is 0.231 e. The van der Waals surface area contributed by atoms with Gasteiger partial charge in [0, 0.05) is 18.2 Å². The Morgan fingerprint density at radius 1 is 1.32 bits per heavy atom. The second-order valence-electron chi connectivity index (χ2n) is 4.62. The lowest BCUT2D eigenvalue weighted by Crippen LogP contribution is -2.18. The summed E-state index contributed by atoms with van der Waals surface area (Å²) in [4.78, 5) is 0. The number of ether oxygens (including phenoxy) is 2. The molecule has 19 heavy (non-hydrogen) atoms. The maximum atomic E-state index is 5.38. The molecule has 0 aliphatic carbocycles. The zero-order valence-corrected chi connectivity index (χ0v) is 11.0. The van der Waals surface area contributed by atoms with Crippen LogP contribution >= 0.6 is 0 Å². The van der Waals surface area contributed by atoms with Gasteiger partial charge in [0.15, 0.2) is 11.5 Å². The first-order chi connectivity index (χ1) is 9.24. The summed E-state index contributed by atoms with van der Waals surface area (Å²) in [6, 6.07) is 6.22. The number of fused-ring (bicyclic) bond motifs is 1. The van der Waals surface area contributed by atoms with E-state index in [-0.39, 0.29) is 6.04 Å². The number of hydrogen-bond acceptors (Lipinski definition) is 5. The first-order valence-corrected chi connectivity index (χ1v) is 6.27. The summed E-state index contributed by atoms with van der Waals surface area (Å²) in [6.45, 7) is 5.06. The van der Waals surface area contributed by atoms with Crippen molar-refractivity contribution >= 4 is 0 Å². The van der Waals surface area contributed by atoms with Crippen LogP contribution in [0.25, 0.3) is 0 Å². The van der Waals surface area contributed by atoms with Crippen molar-refractivity contribution in [2.75, 3.05) is 6.79 Å². The highest BCUT2D eigenvalue weighted by molar-refractivity contribution is 5.45. The van der Waals surface area contributed by atoms with Gasteiger partial charge in [-0.15, -0.1) is 0 Å². The average Bonchev–Trinajstić information content (AvgIpc) is 3.03. The van der Waals surface area contributed by atoms with Crippen LogP contribution in [0.1, 0.15) is 29.9 Å². The van der Waals surface area contributed by atoms with E-state index in [9.17, 15) is 0 Å². The first-order valence-electron chi connectivity index (χ1n) is 6.27. The van der Waals surface area contributed by atoms with E-state index in [2.05, 4.69) is 17.4 Å². The summed E-state index contributed by atoms with van der Waals surface area (Å²) < 4.78 is 15.7. The van der Waals surface area contributed by atoms with Gasteiger partial charge in [-0.25, -0.2) is 0 Å². The van der Waals surface area contributed by atoms with Crippen molar-refractivity contribution in [3.8, 4) is 11.5 Å². The van der Waals surface area contributed by atoms with Crippen molar-refractivity contribution in [1.82, 2.24) is 10.5 Å². The molecule has 5 heteroatoms. The Morgan fingerprint density at radius 3 is 2.95 bits per heavy atom. The third kappa shape index (κ3) is 2.42. The summed E-state index contributed by atoms with van der Waals surface area (Å²) in [5.41, 5.74) is 2.24. The largest absolute Gasteiger partial charge is 0.454 e. The number of hydrogen-bond donors (Lipinski definition) is 1. The van der Waals surface area contributed by atoms with E-state index >= 15 is 0 Å². The van der Waals surface area contributed by atoms with Crippen LogP contribution in [-0.4, -0.2) is 11.9 Å². The van der Waals surface area contributed by atoms with Crippen LogP contribution in [0.2, 0.25) is 0 Å². The highest BCUT2D eigenvalue weighted by Gasteiger charge is 2.15. The summed E-state index contributed by atoms with van der Waals surface area (Å²) in [5.74, 6) is 2.48. The first kappa shape index (κ1) is 12.0. The lowest BCUT2D eigenvalue weighted by atomic mass is 10.1. The molecule has 0 amide bonds. The number of nitrogens with one attached hydrogen (secondary N) is 1. The van der Waals surface area contributed by atoms with Gasteiger partial charge in [0.25, 0.3) is 0 Å². The fourth-order valence-electron chi connectivity index (χ4n) is 2.05. The number of rotatable bonds is 4. The minimum Gasteiger partial charge on any atom is -0.454 e. The van der Waals surface area contributed by atoms with E-state index in [4.69, 9.17) is 14.0 Å². The van der Waals surface area contributed by atoms with Crippen LogP contribution in [0.3, 0.4) is 0 Å². The molecule has 1 aromatic heterocycles. The van der Waals surface area contributed by atoms with Gasteiger partial charge < -0.3 is 19.3 Å². The van der Waals surface area contributed by atoms with E-state index in [0.29, 0.717) is 6.79 Å². The fourth-order valence-corrected chi connectivity index (χ4v) is 2.05. The Labute approximate surface area is 111 Å². The van der Waals surface area contributed by atoms with Gasteiger partial charge in [-0.3, -0.25) is 0 Å². The van der Waals surface area contributed by atoms with Crippen molar-refractivity contribution in [3.05, 3.63) is 41.3 Å². The topological polar surface area (TPSA) is 56.5 Å². The van der Waals surface area contributed by atoms with Gasteiger partial charge >= 0.3 is 0 Å². The Hall–Kier alpha value is -2.01. The second kappa shape index (κ2) is 4.93. The number of nitrogens with zero attached hydrogens (tertiary/aromatic N) is 1. The minimum absolute atomic E-state index is 0.212. The molecule has 1 aliphatic heterocycles. The Morgan fingerprint density at radius 2 is 2.16 bits per heavy atom. The molecule has 1 N–H and O–H groups in total. The van der Waals surface area contributed by atoms with Gasteiger partial charge in [-0.2, -0.15) is 0 Å².